The van der Waals surface area contributed by atoms with Crippen molar-refractivity contribution in [2.45, 2.75) is 4.90 Å². The highest BCUT2D eigenvalue weighted by Crippen LogP contribution is 2.18. The summed E-state index contributed by atoms with van der Waals surface area (Å²) in [5.74, 6) is -2.19. The number of hydrogen-bond donors (Lipinski definition) is 1. The number of likely N-dealkylation sites (N-methyl/N-ethyl adjacent to an activating group) is 1. The van der Waals surface area contributed by atoms with Gasteiger partial charge in [0.25, 0.3) is 0 Å². The third kappa shape index (κ3) is 5.31. The molecule has 0 amide bonds. The molecule has 0 aliphatic rings. The van der Waals surface area contributed by atoms with Crippen LogP contribution in [0.1, 0.15) is 15.9 Å². The molecular formula is C18H15BrFNO5S. The normalized spacial score (nSPS) is 11.9. The molecule has 2 rings (SSSR count). The van der Waals surface area contributed by atoms with Gasteiger partial charge in [-0.3, -0.25) is 9.59 Å². The maximum absolute atomic E-state index is 13.7. The lowest BCUT2D eigenvalue weighted by Crippen LogP contribution is -2.32. The number of allylic oxidation sites excluding steroid dienone is 1. The van der Waals surface area contributed by atoms with Crippen LogP contribution in [-0.4, -0.2) is 43.2 Å². The van der Waals surface area contributed by atoms with Crippen molar-refractivity contribution in [1.82, 2.24) is 4.31 Å². The molecule has 2 aromatic rings. The van der Waals surface area contributed by atoms with Crippen molar-refractivity contribution in [3.63, 3.8) is 0 Å². The molecule has 0 atom stereocenters. The van der Waals surface area contributed by atoms with E-state index in [0.717, 1.165) is 7.05 Å². The second kappa shape index (κ2) is 8.55. The summed E-state index contributed by atoms with van der Waals surface area (Å²) in [7, 11) is -2.82. The van der Waals surface area contributed by atoms with Crippen molar-refractivity contribution < 1.29 is 27.5 Å². The van der Waals surface area contributed by atoms with Gasteiger partial charge in [-0.2, -0.15) is 4.31 Å². The standard InChI is InChI=1S/C18H15BrFNO5S/c1-21(11-18(23)24)27(25,26)15-6-2-12(3-7-15)17(22)9-4-13-10-14(19)5-8-16(13)20/h2-10H,11H2,1H3,(H,23,24)/b9-4+. The minimum atomic E-state index is -3.97. The van der Waals surface area contributed by atoms with Gasteiger partial charge in [-0.1, -0.05) is 15.9 Å². The van der Waals surface area contributed by atoms with E-state index in [1.165, 1.54) is 54.6 Å². The van der Waals surface area contributed by atoms with Gasteiger partial charge in [0.2, 0.25) is 10.0 Å². The molecule has 2 aromatic carbocycles. The number of hydrogen-bond acceptors (Lipinski definition) is 4. The molecule has 0 unspecified atom stereocenters. The number of halogens is 2. The number of carbonyl (C=O) groups excluding carboxylic acids is 1. The molecule has 6 nitrogen and oxygen atoms in total. The number of benzene rings is 2. The van der Waals surface area contributed by atoms with Gasteiger partial charge in [-0.15, -0.1) is 0 Å². The largest absolute Gasteiger partial charge is 0.480 e. The Morgan fingerprint density at radius 1 is 1.19 bits per heavy atom. The Balaban J connectivity index is 2.19. The van der Waals surface area contributed by atoms with Crippen LogP contribution in [0.4, 0.5) is 4.39 Å². The number of nitrogens with zero attached hydrogens (tertiary/aromatic N) is 1. The molecule has 0 bridgehead atoms. The van der Waals surface area contributed by atoms with Crippen molar-refractivity contribution in [2.24, 2.45) is 0 Å². The molecule has 0 spiro atoms. The van der Waals surface area contributed by atoms with Crippen LogP contribution < -0.4 is 0 Å². The molecule has 0 saturated heterocycles. The Morgan fingerprint density at radius 2 is 1.81 bits per heavy atom. The number of carbonyl (C=O) groups is 2. The van der Waals surface area contributed by atoms with Gasteiger partial charge >= 0.3 is 5.97 Å². The Kier molecular flexibility index (Phi) is 6.63. The number of sulfonamides is 1. The first-order valence-corrected chi connectivity index (χ1v) is 9.80. The maximum atomic E-state index is 13.7. The lowest BCUT2D eigenvalue weighted by molar-refractivity contribution is -0.137. The summed E-state index contributed by atoms with van der Waals surface area (Å²) < 4.78 is 39.5. The first-order chi connectivity index (χ1) is 12.6. The third-order valence-electron chi connectivity index (χ3n) is 3.58. The second-order valence-electron chi connectivity index (χ2n) is 5.54. The summed E-state index contributed by atoms with van der Waals surface area (Å²) in [5.41, 5.74) is 0.439. The zero-order valence-corrected chi connectivity index (χ0v) is 16.5. The number of rotatable bonds is 7. The minimum Gasteiger partial charge on any atom is -0.480 e. The highest BCUT2D eigenvalue weighted by Gasteiger charge is 2.22. The molecule has 0 aliphatic heterocycles. The summed E-state index contributed by atoms with van der Waals surface area (Å²) in [5, 5.41) is 8.71. The zero-order chi connectivity index (χ0) is 20.2. The lowest BCUT2D eigenvalue weighted by Gasteiger charge is -2.14. The zero-order valence-electron chi connectivity index (χ0n) is 14.1. The minimum absolute atomic E-state index is 0.134. The lowest BCUT2D eigenvalue weighted by atomic mass is 10.1. The van der Waals surface area contributed by atoms with Crippen LogP contribution in [0.25, 0.3) is 6.08 Å². The quantitative estimate of drug-likeness (QED) is 0.511. The van der Waals surface area contributed by atoms with Gasteiger partial charge in [0.1, 0.15) is 12.4 Å². The van der Waals surface area contributed by atoms with Crippen LogP contribution in [0.15, 0.2) is 57.9 Å². The summed E-state index contributed by atoms with van der Waals surface area (Å²) >= 11 is 3.22. The Labute approximate surface area is 164 Å². The topological polar surface area (TPSA) is 91.8 Å². The fourth-order valence-corrected chi connectivity index (χ4v) is 3.65. The monoisotopic (exact) mass is 455 g/mol. The molecule has 1 N–H and O–H groups in total. The molecule has 0 fully saturated rings. The van der Waals surface area contributed by atoms with E-state index in [-0.39, 0.29) is 16.0 Å². The molecule has 27 heavy (non-hydrogen) atoms. The van der Waals surface area contributed by atoms with E-state index in [2.05, 4.69) is 15.9 Å². The Hall–Kier alpha value is -2.36. The third-order valence-corrected chi connectivity index (χ3v) is 5.89. The van der Waals surface area contributed by atoms with E-state index in [1.54, 1.807) is 0 Å². The maximum Gasteiger partial charge on any atom is 0.318 e. The van der Waals surface area contributed by atoms with E-state index in [1.807, 2.05) is 0 Å². The highest BCUT2D eigenvalue weighted by molar-refractivity contribution is 9.10. The summed E-state index contributed by atoms with van der Waals surface area (Å²) in [6.45, 7) is -0.677. The van der Waals surface area contributed by atoms with Gasteiger partial charge in [0.05, 0.1) is 4.90 Å². The predicted molar refractivity (Wildman–Crippen MR) is 101 cm³/mol. The molecule has 9 heteroatoms. The first-order valence-electron chi connectivity index (χ1n) is 7.57. The molecule has 0 heterocycles. The van der Waals surface area contributed by atoms with Crippen LogP contribution in [0.2, 0.25) is 0 Å². The second-order valence-corrected chi connectivity index (χ2v) is 8.50. The summed E-state index contributed by atoms with van der Waals surface area (Å²) in [6.07, 6.45) is 2.51. The van der Waals surface area contributed by atoms with Crippen LogP contribution in [0.5, 0.6) is 0 Å². The first kappa shape index (κ1) is 20.9. The fourth-order valence-electron chi connectivity index (χ4n) is 2.15. The smallest absolute Gasteiger partial charge is 0.318 e. The predicted octanol–water partition coefficient (Wildman–Crippen LogP) is 3.19. The number of carboxylic acids is 1. The van der Waals surface area contributed by atoms with E-state index in [0.29, 0.717) is 8.78 Å². The number of ketones is 1. The van der Waals surface area contributed by atoms with Gasteiger partial charge in [-0.25, -0.2) is 12.8 Å². The van der Waals surface area contributed by atoms with Crippen molar-refractivity contribution >= 4 is 43.8 Å². The Morgan fingerprint density at radius 3 is 2.41 bits per heavy atom. The van der Waals surface area contributed by atoms with Gasteiger partial charge < -0.3 is 5.11 Å². The molecule has 0 aliphatic carbocycles. The fraction of sp³-hybridized carbons (Fsp3) is 0.111. The van der Waals surface area contributed by atoms with Crippen LogP contribution in [0, 0.1) is 5.82 Å². The van der Waals surface area contributed by atoms with E-state index < -0.39 is 34.1 Å². The Bertz CT molecular complexity index is 1000. The number of carboxylic acid groups (broad SMARTS) is 1. The molecule has 0 aromatic heterocycles. The summed E-state index contributed by atoms with van der Waals surface area (Å²) in [4.78, 5) is 22.7. The van der Waals surface area contributed by atoms with Crippen LogP contribution in [-0.2, 0) is 14.8 Å². The average Bonchev–Trinajstić information content (AvgIpc) is 2.61. The van der Waals surface area contributed by atoms with E-state index in [4.69, 9.17) is 5.11 Å². The van der Waals surface area contributed by atoms with Gasteiger partial charge in [0.15, 0.2) is 5.78 Å². The van der Waals surface area contributed by atoms with Crippen molar-refractivity contribution in [2.75, 3.05) is 13.6 Å². The molecular weight excluding hydrogens is 441 g/mol. The van der Waals surface area contributed by atoms with E-state index >= 15 is 0 Å². The van der Waals surface area contributed by atoms with Crippen LogP contribution >= 0.6 is 15.9 Å². The highest BCUT2D eigenvalue weighted by atomic mass is 79.9. The summed E-state index contributed by atoms with van der Waals surface area (Å²) in [6, 6.07) is 9.38. The molecule has 0 radical (unpaired) electrons. The van der Waals surface area contributed by atoms with Gasteiger partial charge in [0, 0.05) is 22.6 Å². The van der Waals surface area contributed by atoms with Crippen molar-refractivity contribution in [3.05, 3.63) is 70.0 Å². The van der Waals surface area contributed by atoms with Gasteiger partial charge in [-0.05, 0) is 54.6 Å². The van der Waals surface area contributed by atoms with E-state index in [9.17, 15) is 22.4 Å². The molecule has 0 saturated carbocycles. The van der Waals surface area contributed by atoms with Crippen molar-refractivity contribution in [1.29, 1.82) is 0 Å². The number of aliphatic carboxylic acids is 1. The van der Waals surface area contributed by atoms with Crippen LogP contribution in [0.3, 0.4) is 0 Å². The average molecular weight is 456 g/mol. The molecule has 142 valence electrons. The van der Waals surface area contributed by atoms with Crippen molar-refractivity contribution in [3.8, 4) is 0 Å². The SMILES string of the molecule is CN(CC(=O)O)S(=O)(=O)c1ccc(C(=O)/C=C/c2cc(Br)ccc2F)cc1.